The third kappa shape index (κ3) is 3.81. The number of anilines is 1. The van der Waals surface area contributed by atoms with E-state index in [9.17, 15) is 13.2 Å². The lowest BCUT2D eigenvalue weighted by atomic mass is 10.1. The minimum atomic E-state index is -3.08. The fourth-order valence-corrected chi connectivity index (χ4v) is 5.53. The van der Waals surface area contributed by atoms with Crippen LogP contribution in [0.1, 0.15) is 22.1 Å². The fourth-order valence-electron chi connectivity index (χ4n) is 3.22. The normalized spacial score (nSPS) is 18.1. The fraction of sp³-hybridized carbons (Fsp3) is 0.263. The third-order valence-corrected chi connectivity index (χ3v) is 7.28. The number of amides is 1. The van der Waals surface area contributed by atoms with Crippen LogP contribution in [0.5, 0.6) is 5.75 Å². The van der Waals surface area contributed by atoms with E-state index in [1.165, 1.54) is 11.3 Å². The van der Waals surface area contributed by atoms with Gasteiger partial charge in [0.05, 0.1) is 35.2 Å². The lowest BCUT2D eigenvalue weighted by Gasteiger charge is -2.13. The summed E-state index contributed by atoms with van der Waals surface area (Å²) in [6, 6.07) is 12.4. The molecule has 0 unspecified atom stereocenters. The summed E-state index contributed by atoms with van der Waals surface area (Å²) >= 11 is 1.34. The summed E-state index contributed by atoms with van der Waals surface area (Å²) in [4.78, 5) is 13.1. The molecule has 1 aliphatic rings. The topological polar surface area (TPSA) is 90.3 Å². The number of carbonyl (C=O) groups excluding carboxylic acids is 1. The Morgan fingerprint density at radius 3 is 2.68 bits per heavy atom. The average Bonchev–Trinajstić information content (AvgIpc) is 3.41. The molecule has 28 heavy (non-hydrogen) atoms. The van der Waals surface area contributed by atoms with Gasteiger partial charge in [-0.2, -0.15) is 5.10 Å². The molecule has 1 atom stereocenters. The molecule has 1 aliphatic heterocycles. The number of carbonyl (C=O) groups is 1. The maximum atomic E-state index is 12.5. The molecule has 0 bridgehead atoms. The number of ether oxygens (including phenoxy) is 1. The number of thiophene rings is 1. The van der Waals surface area contributed by atoms with Gasteiger partial charge in [-0.15, -0.1) is 11.3 Å². The van der Waals surface area contributed by atoms with E-state index in [2.05, 4.69) is 10.4 Å². The number of rotatable bonds is 5. The molecule has 0 aliphatic carbocycles. The second-order valence-electron chi connectivity index (χ2n) is 6.58. The summed E-state index contributed by atoms with van der Waals surface area (Å²) in [5.74, 6) is 1.15. The molecule has 7 nitrogen and oxygen atoms in total. The van der Waals surface area contributed by atoms with E-state index in [0.29, 0.717) is 22.8 Å². The highest BCUT2D eigenvalue weighted by atomic mass is 32.2. The van der Waals surface area contributed by atoms with Crippen molar-refractivity contribution in [1.29, 1.82) is 0 Å². The lowest BCUT2D eigenvalue weighted by molar-refractivity contribution is 0.102. The smallest absolute Gasteiger partial charge is 0.266 e. The third-order valence-electron chi connectivity index (χ3n) is 4.66. The molecule has 9 heteroatoms. The zero-order valence-electron chi connectivity index (χ0n) is 15.2. The van der Waals surface area contributed by atoms with E-state index >= 15 is 0 Å². The van der Waals surface area contributed by atoms with Crippen LogP contribution >= 0.6 is 11.3 Å². The Kier molecular flexibility index (Phi) is 4.94. The lowest BCUT2D eigenvalue weighted by Crippen LogP contribution is -2.19. The van der Waals surface area contributed by atoms with Crippen molar-refractivity contribution in [1.82, 2.24) is 9.78 Å². The highest BCUT2D eigenvalue weighted by Gasteiger charge is 2.32. The largest absolute Gasteiger partial charge is 0.497 e. The Morgan fingerprint density at radius 1 is 1.29 bits per heavy atom. The van der Waals surface area contributed by atoms with Gasteiger partial charge < -0.3 is 10.1 Å². The molecule has 3 aromatic rings. The first-order valence-corrected chi connectivity index (χ1v) is 11.4. The number of methoxy groups -OCH3 is 1. The summed E-state index contributed by atoms with van der Waals surface area (Å²) in [5, 5.41) is 9.33. The average molecular weight is 418 g/mol. The molecule has 0 saturated carbocycles. The van der Waals surface area contributed by atoms with Crippen molar-refractivity contribution in [3.8, 4) is 17.0 Å². The Hall–Kier alpha value is -2.65. The SMILES string of the molecule is COc1ccc(-c2cc(NC(=O)c3cccs3)n([C@@H]3CCS(=O)(=O)C3)n2)cc1. The molecule has 2 aromatic heterocycles. The summed E-state index contributed by atoms with van der Waals surface area (Å²) in [5.41, 5.74) is 1.51. The van der Waals surface area contributed by atoms with Crippen molar-refractivity contribution < 1.29 is 17.9 Å². The van der Waals surface area contributed by atoms with E-state index in [0.717, 1.165) is 11.3 Å². The van der Waals surface area contributed by atoms with Crippen LogP contribution in [0.2, 0.25) is 0 Å². The Morgan fingerprint density at radius 2 is 2.07 bits per heavy atom. The molecule has 1 saturated heterocycles. The number of sulfone groups is 1. The number of aromatic nitrogens is 2. The highest BCUT2D eigenvalue weighted by Crippen LogP contribution is 2.31. The van der Waals surface area contributed by atoms with E-state index < -0.39 is 9.84 Å². The molecule has 3 heterocycles. The summed E-state index contributed by atoms with van der Waals surface area (Å²) in [6.45, 7) is 0. The Balaban J connectivity index is 1.69. The molecule has 146 valence electrons. The van der Waals surface area contributed by atoms with Gasteiger partial charge in [-0.25, -0.2) is 13.1 Å². The highest BCUT2D eigenvalue weighted by molar-refractivity contribution is 7.91. The zero-order chi connectivity index (χ0) is 19.7. The van der Waals surface area contributed by atoms with Crippen molar-refractivity contribution in [3.05, 3.63) is 52.7 Å². The van der Waals surface area contributed by atoms with Gasteiger partial charge in [0.25, 0.3) is 5.91 Å². The van der Waals surface area contributed by atoms with Crippen LogP contribution in [-0.2, 0) is 9.84 Å². The maximum Gasteiger partial charge on any atom is 0.266 e. The van der Waals surface area contributed by atoms with Gasteiger partial charge >= 0.3 is 0 Å². The molecular weight excluding hydrogens is 398 g/mol. The van der Waals surface area contributed by atoms with Crippen LogP contribution in [0.25, 0.3) is 11.3 Å². The second kappa shape index (κ2) is 7.40. The molecule has 1 N–H and O–H groups in total. The van der Waals surface area contributed by atoms with Crippen LogP contribution in [0, 0.1) is 0 Å². The van der Waals surface area contributed by atoms with E-state index in [4.69, 9.17) is 4.74 Å². The summed E-state index contributed by atoms with van der Waals surface area (Å²) in [6.07, 6.45) is 0.480. The van der Waals surface area contributed by atoms with Crippen LogP contribution in [0.4, 0.5) is 5.82 Å². The van der Waals surface area contributed by atoms with Crippen LogP contribution in [0.3, 0.4) is 0 Å². The molecular formula is C19H19N3O4S2. The predicted octanol–water partition coefficient (Wildman–Crippen LogP) is 3.23. The summed E-state index contributed by atoms with van der Waals surface area (Å²) < 4.78 is 30.7. The molecule has 1 aromatic carbocycles. The summed E-state index contributed by atoms with van der Waals surface area (Å²) in [7, 11) is -1.48. The van der Waals surface area contributed by atoms with Gasteiger partial charge in [0.2, 0.25) is 0 Å². The first-order chi connectivity index (χ1) is 13.4. The van der Waals surface area contributed by atoms with Gasteiger partial charge in [0, 0.05) is 11.6 Å². The van der Waals surface area contributed by atoms with Gasteiger partial charge in [0.1, 0.15) is 11.6 Å². The van der Waals surface area contributed by atoms with Crippen molar-refractivity contribution >= 4 is 32.9 Å². The van der Waals surface area contributed by atoms with Crippen molar-refractivity contribution in [2.24, 2.45) is 0 Å². The van der Waals surface area contributed by atoms with E-state index in [1.807, 2.05) is 35.7 Å². The van der Waals surface area contributed by atoms with Crippen molar-refractivity contribution in [2.75, 3.05) is 23.9 Å². The Labute approximate surface area is 166 Å². The predicted molar refractivity (Wildman–Crippen MR) is 109 cm³/mol. The quantitative estimate of drug-likeness (QED) is 0.688. The van der Waals surface area contributed by atoms with Crippen LogP contribution < -0.4 is 10.1 Å². The van der Waals surface area contributed by atoms with Crippen molar-refractivity contribution in [2.45, 2.75) is 12.5 Å². The monoisotopic (exact) mass is 417 g/mol. The number of hydrogen-bond donors (Lipinski definition) is 1. The molecule has 1 fully saturated rings. The van der Waals surface area contributed by atoms with E-state index in [1.54, 1.807) is 23.9 Å². The molecule has 0 radical (unpaired) electrons. The van der Waals surface area contributed by atoms with Gasteiger partial charge in [-0.1, -0.05) is 6.07 Å². The van der Waals surface area contributed by atoms with E-state index in [-0.39, 0.29) is 23.5 Å². The van der Waals surface area contributed by atoms with Crippen LogP contribution in [-0.4, -0.2) is 42.7 Å². The van der Waals surface area contributed by atoms with Gasteiger partial charge in [0.15, 0.2) is 9.84 Å². The molecule has 1 amide bonds. The number of nitrogens with one attached hydrogen (secondary N) is 1. The standard InChI is InChI=1S/C19H19N3O4S2/c1-26-15-6-4-13(5-7-15)16-11-18(20-19(23)17-3-2-9-27-17)22(21-16)14-8-10-28(24,25)12-14/h2-7,9,11,14H,8,10,12H2,1H3,(H,20,23)/t14-/m1/s1. The minimum absolute atomic E-state index is 0.0264. The number of nitrogens with zero attached hydrogens (tertiary/aromatic N) is 2. The second-order valence-corrected chi connectivity index (χ2v) is 9.75. The molecule has 4 rings (SSSR count). The van der Waals surface area contributed by atoms with Crippen LogP contribution in [0.15, 0.2) is 47.8 Å². The van der Waals surface area contributed by atoms with Gasteiger partial charge in [-0.05, 0) is 42.1 Å². The Bertz CT molecular complexity index is 1090. The van der Waals surface area contributed by atoms with Gasteiger partial charge in [-0.3, -0.25) is 4.79 Å². The first kappa shape index (κ1) is 18.7. The van der Waals surface area contributed by atoms with Crippen molar-refractivity contribution in [3.63, 3.8) is 0 Å². The number of hydrogen-bond acceptors (Lipinski definition) is 6. The molecule has 0 spiro atoms. The number of benzene rings is 1. The maximum absolute atomic E-state index is 12.5. The minimum Gasteiger partial charge on any atom is -0.497 e. The zero-order valence-corrected chi connectivity index (χ0v) is 16.8. The first-order valence-electron chi connectivity index (χ1n) is 8.74.